The molecule has 10 atom stereocenters. The second-order valence-electron chi connectivity index (χ2n) is 10.9. The van der Waals surface area contributed by atoms with Crippen LogP contribution in [0, 0.1) is 53.3 Å². The van der Waals surface area contributed by atoms with Crippen LogP contribution in [-0.4, -0.2) is 11.9 Å². The van der Waals surface area contributed by atoms with Crippen molar-refractivity contribution in [3.8, 4) is 0 Å². The zero-order valence-corrected chi connectivity index (χ0v) is 16.8. The lowest BCUT2D eigenvalue weighted by atomic mass is 9.28. The predicted octanol–water partition coefficient (Wildman–Crippen LogP) is 4.42. The van der Waals surface area contributed by atoms with E-state index in [0.717, 1.165) is 41.1 Å². The van der Waals surface area contributed by atoms with Gasteiger partial charge in [-0.1, -0.05) is 0 Å². The summed E-state index contributed by atoms with van der Waals surface area (Å²) in [6, 6.07) is 2.20. The van der Waals surface area contributed by atoms with Crippen molar-refractivity contribution in [3.63, 3.8) is 0 Å². The number of carbonyl (C=O) groups excluding carboxylic acids is 2. The third kappa shape index (κ3) is 1.35. The van der Waals surface area contributed by atoms with E-state index in [2.05, 4.69) is 11.4 Å². The van der Waals surface area contributed by atoms with Gasteiger partial charge in [0.25, 0.3) is 0 Å². The van der Waals surface area contributed by atoms with Gasteiger partial charge in [0.05, 0.1) is 5.57 Å². The molecule has 8 bridgehead atoms. The number of rotatable bonds is 0. The molecule has 0 radical (unpaired) electrons. The van der Waals surface area contributed by atoms with Crippen molar-refractivity contribution in [2.75, 3.05) is 0 Å². The number of esters is 2. The standard InChI is InChI=1S/C24H24O3S/c1-9-12-2-3-28-21(12)24(20-18(9)22(25)27-23(20)26)11-7-14-13-4-10-5-16(14)19(24)17(6-10)15(13)8-11/h2-3,10-11,13-17,19-20H,4-8H2,1H3/t10?,11?,13?,14-,15?,16-,17?,19?,20+,24+/m0/s1. The van der Waals surface area contributed by atoms with Gasteiger partial charge in [0.15, 0.2) is 0 Å². The van der Waals surface area contributed by atoms with Gasteiger partial charge in [0.1, 0.15) is 5.92 Å². The molecule has 144 valence electrons. The van der Waals surface area contributed by atoms with Crippen LogP contribution in [0.4, 0.5) is 0 Å². The van der Waals surface area contributed by atoms with Gasteiger partial charge < -0.3 is 4.74 Å². The third-order valence-corrected chi connectivity index (χ3v) is 11.6. The van der Waals surface area contributed by atoms with E-state index in [0.29, 0.717) is 17.4 Å². The number of allylic oxidation sites excluding steroid dienone is 1. The zero-order valence-electron chi connectivity index (χ0n) is 16.0. The Labute approximate surface area is 168 Å². The largest absolute Gasteiger partial charge is 0.389 e. The van der Waals surface area contributed by atoms with Crippen molar-refractivity contribution in [3.05, 3.63) is 27.5 Å². The number of cyclic esters (lactones) is 2. The fraction of sp³-hybridized carbons (Fsp3) is 0.667. The summed E-state index contributed by atoms with van der Waals surface area (Å²) in [6.45, 7) is 2.03. The van der Waals surface area contributed by atoms with Crippen LogP contribution in [0.1, 0.15) is 49.5 Å². The van der Waals surface area contributed by atoms with E-state index < -0.39 is 0 Å². The summed E-state index contributed by atoms with van der Waals surface area (Å²) in [4.78, 5) is 27.4. The van der Waals surface area contributed by atoms with Gasteiger partial charge in [-0.2, -0.15) is 0 Å². The molecular formula is C24H24O3S. The molecule has 6 unspecified atom stereocenters. The van der Waals surface area contributed by atoms with Crippen molar-refractivity contribution in [2.24, 2.45) is 53.3 Å². The molecule has 1 aromatic heterocycles. The second kappa shape index (κ2) is 4.50. The highest BCUT2D eigenvalue weighted by atomic mass is 32.1. The molecule has 10 rings (SSSR count). The Hall–Kier alpha value is -1.42. The third-order valence-electron chi connectivity index (χ3n) is 10.6. The van der Waals surface area contributed by atoms with Crippen molar-refractivity contribution >= 4 is 28.8 Å². The van der Waals surface area contributed by atoms with E-state index in [-0.39, 0.29) is 23.3 Å². The second-order valence-corrected chi connectivity index (χ2v) is 11.8. The fourth-order valence-electron chi connectivity index (χ4n) is 10.3. The van der Waals surface area contributed by atoms with Gasteiger partial charge >= 0.3 is 11.9 Å². The number of hydrogen-bond acceptors (Lipinski definition) is 4. The van der Waals surface area contributed by atoms with Crippen molar-refractivity contribution in [1.29, 1.82) is 0 Å². The molecule has 7 saturated carbocycles. The molecule has 4 heteroatoms. The highest BCUT2D eigenvalue weighted by Crippen LogP contribution is 2.79. The van der Waals surface area contributed by atoms with E-state index in [1.54, 1.807) is 0 Å². The zero-order chi connectivity index (χ0) is 18.5. The Bertz CT molecular complexity index is 995. The molecule has 1 saturated heterocycles. The number of fused-ring (bicyclic) bond motifs is 2. The molecule has 8 aliphatic carbocycles. The van der Waals surface area contributed by atoms with Crippen LogP contribution in [0.5, 0.6) is 0 Å². The van der Waals surface area contributed by atoms with Crippen LogP contribution >= 0.6 is 11.3 Å². The lowest BCUT2D eigenvalue weighted by molar-refractivity contribution is -0.248. The first-order chi connectivity index (χ1) is 13.6. The minimum atomic E-state index is -0.356. The fourth-order valence-corrected chi connectivity index (χ4v) is 11.6. The first-order valence-corrected chi connectivity index (χ1v) is 12.0. The van der Waals surface area contributed by atoms with Gasteiger partial charge in [-0.3, -0.25) is 4.79 Å². The van der Waals surface area contributed by atoms with Gasteiger partial charge in [-0.15, -0.1) is 11.3 Å². The summed E-state index contributed by atoms with van der Waals surface area (Å²) in [5.74, 6) is 5.42. The summed E-state index contributed by atoms with van der Waals surface area (Å²) in [5, 5.41) is 2.20. The molecule has 9 aliphatic rings. The van der Waals surface area contributed by atoms with E-state index in [1.807, 2.05) is 18.3 Å². The first kappa shape index (κ1) is 15.4. The Balaban J connectivity index is 1.45. The molecule has 2 heterocycles. The Morgan fingerprint density at radius 1 is 1.00 bits per heavy atom. The van der Waals surface area contributed by atoms with Crippen LogP contribution in [0.3, 0.4) is 0 Å². The minimum Gasteiger partial charge on any atom is -0.389 e. The smallest absolute Gasteiger partial charge is 0.342 e. The Morgan fingerprint density at radius 2 is 1.68 bits per heavy atom. The van der Waals surface area contributed by atoms with E-state index in [1.165, 1.54) is 42.5 Å². The lowest BCUT2D eigenvalue weighted by Gasteiger charge is -2.76. The van der Waals surface area contributed by atoms with Gasteiger partial charge in [-0.25, -0.2) is 4.79 Å². The highest BCUT2D eigenvalue weighted by Gasteiger charge is 2.76. The molecular weight excluding hydrogens is 368 g/mol. The summed E-state index contributed by atoms with van der Waals surface area (Å²) < 4.78 is 5.33. The van der Waals surface area contributed by atoms with Crippen molar-refractivity contribution in [1.82, 2.24) is 0 Å². The van der Waals surface area contributed by atoms with E-state index >= 15 is 0 Å². The number of thiophene rings is 1. The molecule has 28 heavy (non-hydrogen) atoms. The van der Waals surface area contributed by atoms with E-state index in [9.17, 15) is 9.59 Å². The number of hydrogen-bond donors (Lipinski definition) is 0. The van der Waals surface area contributed by atoms with Crippen LogP contribution in [0.15, 0.2) is 17.0 Å². The maximum absolute atomic E-state index is 13.2. The quantitative estimate of drug-likeness (QED) is 0.485. The maximum Gasteiger partial charge on any atom is 0.342 e. The molecule has 0 N–H and O–H groups in total. The van der Waals surface area contributed by atoms with Gasteiger partial charge in [0, 0.05) is 10.3 Å². The lowest BCUT2D eigenvalue weighted by Crippen LogP contribution is -2.72. The Kier molecular flexibility index (Phi) is 2.48. The Morgan fingerprint density at radius 3 is 2.43 bits per heavy atom. The summed E-state index contributed by atoms with van der Waals surface area (Å²) in [5.41, 5.74) is 2.81. The molecule has 1 aliphatic heterocycles. The predicted molar refractivity (Wildman–Crippen MR) is 104 cm³/mol. The summed E-state index contributed by atoms with van der Waals surface area (Å²) >= 11 is 1.86. The van der Waals surface area contributed by atoms with Gasteiger partial charge in [-0.05, 0) is 109 Å². The average molecular weight is 393 g/mol. The minimum absolute atomic E-state index is 0.156. The number of ether oxygens (including phenoxy) is 1. The highest BCUT2D eigenvalue weighted by molar-refractivity contribution is 7.10. The van der Waals surface area contributed by atoms with Crippen LogP contribution in [0.2, 0.25) is 0 Å². The SMILES string of the molecule is CC1=C2C(=O)OC(=O)[C@@H]2[C@@]2(c3sccc31)C1CC3C4CC5CC3[C@H](C1)[C@H](C5)C42. The molecule has 8 fully saturated rings. The van der Waals surface area contributed by atoms with E-state index in [4.69, 9.17) is 4.74 Å². The maximum atomic E-state index is 13.2. The first-order valence-electron chi connectivity index (χ1n) is 11.2. The van der Waals surface area contributed by atoms with Crippen molar-refractivity contribution in [2.45, 2.75) is 44.4 Å². The molecule has 3 nitrogen and oxygen atoms in total. The summed E-state index contributed by atoms with van der Waals surface area (Å²) in [7, 11) is 0. The monoisotopic (exact) mass is 392 g/mol. The molecule has 1 spiro atoms. The van der Waals surface area contributed by atoms with Gasteiger partial charge in [0.2, 0.25) is 0 Å². The summed E-state index contributed by atoms with van der Waals surface area (Å²) in [6.07, 6.45) is 6.79. The number of carbonyl (C=O) groups is 2. The van der Waals surface area contributed by atoms with Crippen LogP contribution < -0.4 is 0 Å². The normalized spacial score (nSPS) is 54.0. The van der Waals surface area contributed by atoms with Crippen molar-refractivity contribution < 1.29 is 14.3 Å². The molecule has 0 aromatic carbocycles. The average Bonchev–Trinajstić information content (AvgIpc) is 3.29. The molecule has 0 amide bonds. The molecule has 1 aromatic rings. The van der Waals surface area contributed by atoms with Crippen LogP contribution in [0.25, 0.3) is 5.57 Å². The van der Waals surface area contributed by atoms with Crippen LogP contribution in [-0.2, 0) is 19.7 Å². The topological polar surface area (TPSA) is 43.4 Å².